The van der Waals surface area contributed by atoms with Crippen LogP contribution in [0, 0.1) is 13.8 Å². The highest BCUT2D eigenvalue weighted by molar-refractivity contribution is 7.98. The zero-order valence-electron chi connectivity index (χ0n) is 16.8. The molecule has 0 bridgehead atoms. The second-order valence-electron chi connectivity index (χ2n) is 6.53. The number of hydrogen-bond donors (Lipinski definition) is 1. The fraction of sp³-hybridized carbons (Fsp3) is 0.350. The van der Waals surface area contributed by atoms with E-state index in [4.69, 9.17) is 4.74 Å². The van der Waals surface area contributed by atoms with Crippen molar-refractivity contribution in [3.05, 3.63) is 52.8 Å². The Kier molecular flexibility index (Phi) is 6.48. The van der Waals surface area contributed by atoms with E-state index < -0.39 is 12.1 Å². The van der Waals surface area contributed by atoms with E-state index in [9.17, 15) is 9.59 Å². The molecule has 0 fully saturated rings. The summed E-state index contributed by atoms with van der Waals surface area (Å²) in [5.74, 6) is 0.180. The maximum Gasteiger partial charge on any atom is 0.339 e. The number of fused-ring (bicyclic) bond motifs is 1. The Hall–Kier alpha value is -2.94. The van der Waals surface area contributed by atoms with E-state index in [1.165, 1.54) is 11.8 Å². The molecule has 0 saturated carbocycles. The Morgan fingerprint density at radius 1 is 1.24 bits per heavy atom. The van der Waals surface area contributed by atoms with Gasteiger partial charge in [0.25, 0.3) is 11.7 Å². The molecule has 3 aromatic rings. The van der Waals surface area contributed by atoms with Crippen LogP contribution >= 0.6 is 11.8 Å². The fourth-order valence-corrected chi connectivity index (χ4v) is 3.61. The Bertz CT molecular complexity index is 1050. The molecule has 1 amide bonds. The highest BCUT2D eigenvalue weighted by Gasteiger charge is 2.20. The number of ether oxygens (including phenoxy) is 1. The van der Waals surface area contributed by atoms with Gasteiger partial charge in [0.15, 0.2) is 6.10 Å². The number of amides is 1. The minimum absolute atomic E-state index is 0.320. The lowest BCUT2D eigenvalue weighted by Gasteiger charge is -2.14. The van der Waals surface area contributed by atoms with Crippen molar-refractivity contribution in [3.63, 3.8) is 0 Å². The normalized spacial score (nSPS) is 12.0. The molecule has 0 aliphatic heterocycles. The summed E-state index contributed by atoms with van der Waals surface area (Å²) in [6.45, 7) is 7.71. The Labute approximate surface area is 173 Å². The van der Waals surface area contributed by atoms with Gasteiger partial charge in [-0.3, -0.25) is 4.79 Å². The summed E-state index contributed by atoms with van der Waals surface area (Å²) in [4.78, 5) is 33.2. The van der Waals surface area contributed by atoms with Crippen LogP contribution in [0.3, 0.4) is 0 Å². The van der Waals surface area contributed by atoms with Crippen LogP contribution in [0.2, 0.25) is 0 Å². The summed E-state index contributed by atoms with van der Waals surface area (Å²) in [5, 5.41) is 7.69. The van der Waals surface area contributed by atoms with Crippen molar-refractivity contribution in [2.75, 3.05) is 6.54 Å². The van der Waals surface area contributed by atoms with Crippen LogP contribution in [0.15, 0.2) is 35.5 Å². The lowest BCUT2D eigenvalue weighted by Crippen LogP contribution is -2.35. The molecule has 152 valence electrons. The number of nitrogens with zero attached hydrogens (tertiary/aromatic N) is 4. The second kappa shape index (κ2) is 9.04. The summed E-state index contributed by atoms with van der Waals surface area (Å²) in [7, 11) is 0. The molecule has 9 heteroatoms. The van der Waals surface area contributed by atoms with Crippen molar-refractivity contribution in [1.29, 1.82) is 0 Å². The van der Waals surface area contributed by atoms with Crippen LogP contribution < -0.4 is 5.32 Å². The number of nitrogens with one attached hydrogen (secondary N) is 1. The number of esters is 1. The highest BCUT2D eigenvalue weighted by atomic mass is 32.2. The minimum Gasteiger partial charge on any atom is -0.449 e. The molecule has 8 nitrogen and oxygen atoms in total. The fourth-order valence-electron chi connectivity index (χ4n) is 2.79. The quantitative estimate of drug-likeness (QED) is 0.470. The summed E-state index contributed by atoms with van der Waals surface area (Å²) >= 11 is 1.41. The van der Waals surface area contributed by atoms with Gasteiger partial charge in [0, 0.05) is 23.7 Å². The Balaban J connectivity index is 1.73. The number of carbonyl (C=O) groups is 2. The average Bonchev–Trinajstić information content (AvgIpc) is 3.10. The first-order valence-electron chi connectivity index (χ1n) is 9.29. The molecule has 0 radical (unpaired) electrons. The first-order valence-corrected chi connectivity index (χ1v) is 10.3. The van der Waals surface area contributed by atoms with Gasteiger partial charge in [-0.05, 0) is 45.4 Å². The largest absolute Gasteiger partial charge is 0.449 e. The highest BCUT2D eigenvalue weighted by Crippen LogP contribution is 2.23. The molecule has 0 saturated heterocycles. The molecule has 0 unspecified atom stereocenters. The smallest absolute Gasteiger partial charge is 0.339 e. The number of hydrogen-bond acceptors (Lipinski definition) is 7. The first-order chi connectivity index (χ1) is 13.9. The van der Waals surface area contributed by atoms with Crippen molar-refractivity contribution in [2.45, 2.75) is 44.7 Å². The molecular weight excluding hydrogens is 390 g/mol. The van der Waals surface area contributed by atoms with Crippen LogP contribution in [0.1, 0.15) is 41.2 Å². The van der Waals surface area contributed by atoms with Gasteiger partial charge in [-0.15, -0.1) is 5.10 Å². The van der Waals surface area contributed by atoms with Crippen molar-refractivity contribution in [2.24, 2.45) is 0 Å². The molecule has 2 heterocycles. The molecule has 0 aliphatic carbocycles. The van der Waals surface area contributed by atoms with E-state index in [1.54, 1.807) is 23.6 Å². The van der Waals surface area contributed by atoms with Gasteiger partial charge in [-0.25, -0.2) is 14.3 Å². The zero-order chi connectivity index (χ0) is 21.0. The Morgan fingerprint density at radius 2 is 2.00 bits per heavy atom. The first kappa shape index (κ1) is 20.8. The Morgan fingerprint density at radius 3 is 2.76 bits per heavy atom. The third-order valence-corrected chi connectivity index (χ3v) is 5.08. The summed E-state index contributed by atoms with van der Waals surface area (Å²) in [5.41, 5.74) is 3.04. The third-order valence-electron chi connectivity index (χ3n) is 4.20. The molecule has 1 atom stereocenters. The lowest BCUT2D eigenvalue weighted by molar-refractivity contribution is -0.128. The standard InChI is InChI=1S/C20H23N5O3S/c1-5-21-17(26)14(4)28-18(27)16-9-7-6-8-15(16)11-29-20-23-19-22-12(2)10-13(3)25(19)24-20/h6-10,14H,5,11H2,1-4H3,(H,21,26)/t14-/m1/s1. The van der Waals surface area contributed by atoms with Gasteiger partial charge in [-0.2, -0.15) is 4.98 Å². The van der Waals surface area contributed by atoms with Crippen LogP contribution in [-0.4, -0.2) is 44.1 Å². The zero-order valence-corrected chi connectivity index (χ0v) is 17.6. The number of benzene rings is 1. The maximum absolute atomic E-state index is 12.6. The molecular formula is C20H23N5O3S. The lowest BCUT2D eigenvalue weighted by atomic mass is 10.1. The van der Waals surface area contributed by atoms with E-state index >= 15 is 0 Å². The number of rotatable bonds is 7. The second-order valence-corrected chi connectivity index (χ2v) is 7.48. The molecule has 3 rings (SSSR count). The van der Waals surface area contributed by atoms with Crippen LogP contribution in [-0.2, 0) is 15.3 Å². The van der Waals surface area contributed by atoms with E-state index in [-0.39, 0.29) is 5.91 Å². The summed E-state index contributed by atoms with van der Waals surface area (Å²) < 4.78 is 7.01. The summed E-state index contributed by atoms with van der Waals surface area (Å²) in [6.07, 6.45) is -0.861. The van der Waals surface area contributed by atoms with Crippen LogP contribution in [0.4, 0.5) is 0 Å². The number of thioether (sulfide) groups is 1. The predicted molar refractivity (Wildman–Crippen MR) is 110 cm³/mol. The maximum atomic E-state index is 12.6. The number of aromatic nitrogens is 4. The SMILES string of the molecule is CCNC(=O)[C@@H](C)OC(=O)c1ccccc1CSc1nc2nc(C)cc(C)n2n1. The molecule has 29 heavy (non-hydrogen) atoms. The molecule has 0 aliphatic rings. The van der Waals surface area contributed by atoms with Gasteiger partial charge in [0.1, 0.15) is 0 Å². The van der Waals surface area contributed by atoms with E-state index in [1.807, 2.05) is 39.0 Å². The van der Waals surface area contributed by atoms with E-state index in [0.29, 0.717) is 28.8 Å². The molecule has 1 aromatic carbocycles. The van der Waals surface area contributed by atoms with Gasteiger partial charge >= 0.3 is 5.97 Å². The van der Waals surface area contributed by atoms with Crippen molar-refractivity contribution < 1.29 is 14.3 Å². The summed E-state index contributed by atoms with van der Waals surface area (Å²) in [6, 6.07) is 9.10. The third kappa shape index (κ3) is 4.92. The topological polar surface area (TPSA) is 98.5 Å². The van der Waals surface area contributed by atoms with Crippen molar-refractivity contribution in [1.82, 2.24) is 24.9 Å². The van der Waals surface area contributed by atoms with Gasteiger partial charge in [-0.1, -0.05) is 30.0 Å². The minimum atomic E-state index is -0.861. The predicted octanol–water partition coefficient (Wildman–Crippen LogP) is 2.71. The van der Waals surface area contributed by atoms with E-state index in [2.05, 4.69) is 20.4 Å². The van der Waals surface area contributed by atoms with Gasteiger partial charge in [0.2, 0.25) is 5.16 Å². The molecule has 2 aromatic heterocycles. The number of likely N-dealkylation sites (N-methyl/N-ethyl adjacent to an activating group) is 1. The number of carbonyl (C=O) groups excluding carboxylic acids is 2. The van der Waals surface area contributed by atoms with Crippen molar-refractivity contribution in [3.8, 4) is 0 Å². The number of aryl methyl sites for hydroxylation is 2. The average molecular weight is 414 g/mol. The molecule has 0 spiro atoms. The van der Waals surface area contributed by atoms with Crippen LogP contribution in [0.25, 0.3) is 5.78 Å². The van der Waals surface area contributed by atoms with Gasteiger partial charge in [0.05, 0.1) is 5.56 Å². The van der Waals surface area contributed by atoms with Gasteiger partial charge < -0.3 is 10.1 Å². The van der Waals surface area contributed by atoms with Crippen molar-refractivity contribution >= 4 is 29.4 Å². The monoisotopic (exact) mass is 413 g/mol. The van der Waals surface area contributed by atoms with E-state index in [0.717, 1.165) is 17.0 Å². The molecule has 1 N–H and O–H groups in total. The van der Waals surface area contributed by atoms with Crippen LogP contribution in [0.5, 0.6) is 0 Å².